The molecule has 2 rings (SSSR count). The second kappa shape index (κ2) is 13.7. The molecule has 22 heavy (non-hydrogen) atoms. The van der Waals surface area contributed by atoms with E-state index in [0.29, 0.717) is 6.61 Å². The van der Waals surface area contributed by atoms with Gasteiger partial charge in [-0.1, -0.05) is 53.3 Å². The maximum atomic E-state index is 10.5. The molecule has 5 nitrogen and oxygen atoms in total. The zero-order valence-electron chi connectivity index (χ0n) is 15.5. The van der Waals surface area contributed by atoms with Gasteiger partial charge in [-0.15, -0.1) is 0 Å². The normalized spacial score (nSPS) is 16.5. The first-order valence-electron chi connectivity index (χ1n) is 7.83. The first-order chi connectivity index (χ1) is 10.1. The minimum absolute atomic E-state index is 0.208. The number of carbonyl (C=O) groups is 2. The molecule has 132 valence electrons. The summed E-state index contributed by atoms with van der Waals surface area (Å²) in [6.45, 7) is 15.2. The number of thioether (sulfide) groups is 1. The van der Waals surface area contributed by atoms with E-state index in [2.05, 4.69) is 46.3 Å². The Morgan fingerprint density at radius 3 is 1.45 bits per heavy atom. The number of amides is 2. The Bertz CT molecular complexity index is 274. The fraction of sp³-hybridized carbons (Fsp3) is 0.875. The highest BCUT2D eigenvalue weighted by molar-refractivity contribution is 8.13. The summed E-state index contributed by atoms with van der Waals surface area (Å²) < 4.78 is 4.55. The molecular weight excluding hydrogens is 300 g/mol. The molecule has 2 aliphatic rings. The maximum Gasteiger partial charge on any atom is 0.409 e. The monoisotopic (exact) mass is 334 g/mol. The maximum absolute atomic E-state index is 10.5. The molecule has 0 atom stereocenters. The molecule has 2 fully saturated rings. The van der Waals surface area contributed by atoms with E-state index in [0.717, 1.165) is 30.7 Å². The van der Waals surface area contributed by atoms with Crippen LogP contribution in [0.15, 0.2) is 0 Å². The van der Waals surface area contributed by atoms with Gasteiger partial charge in [-0.2, -0.15) is 0 Å². The van der Waals surface area contributed by atoms with E-state index in [-0.39, 0.29) is 11.3 Å². The molecule has 0 radical (unpaired) electrons. The van der Waals surface area contributed by atoms with Crippen LogP contribution in [0.25, 0.3) is 0 Å². The van der Waals surface area contributed by atoms with Gasteiger partial charge in [-0.05, 0) is 11.8 Å². The fourth-order valence-corrected chi connectivity index (χ4v) is 1.79. The first-order valence-corrected chi connectivity index (χ1v) is 8.82. The Morgan fingerprint density at radius 2 is 1.36 bits per heavy atom. The van der Waals surface area contributed by atoms with Crippen LogP contribution in [0, 0.1) is 11.8 Å². The summed E-state index contributed by atoms with van der Waals surface area (Å²) in [4.78, 5) is 24.0. The van der Waals surface area contributed by atoms with Gasteiger partial charge in [0.1, 0.15) is 6.61 Å². The lowest BCUT2D eigenvalue weighted by molar-refractivity contribution is 0.163. The molecule has 0 N–H and O–H groups in total. The van der Waals surface area contributed by atoms with Crippen LogP contribution < -0.4 is 0 Å². The quantitative estimate of drug-likeness (QED) is 0.667. The largest absolute Gasteiger partial charge is 0.448 e. The van der Waals surface area contributed by atoms with Crippen LogP contribution in [0.5, 0.6) is 0 Å². The summed E-state index contributed by atoms with van der Waals surface area (Å²) in [6, 6.07) is 0. The van der Waals surface area contributed by atoms with Crippen molar-refractivity contribution in [3.05, 3.63) is 0 Å². The van der Waals surface area contributed by atoms with Crippen molar-refractivity contribution in [2.45, 2.75) is 41.5 Å². The van der Waals surface area contributed by atoms with Crippen LogP contribution in [0.1, 0.15) is 41.5 Å². The van der Waals surface area contributed by atoms with Crippen LogP contribution in [0.4, 0.5) is 9.59 Å². The van der Waals surface area contributed by atoms with Gasteiger partial charge in [0.2, 0.25) is 0 Å². The summed E-state index contributed by atoms with van der Waals surface area (Å²) in [7, 11) is 3.54. The number of carbonyl (C=O) groups excluding carboxylic acids is 2. The molecule has 6 heteroatoms. The second-order valence-corrected chi connectivity index (χ2v) is 7.58. The van der Waals surface area contributed by atoms with E-state index < -0.39 is 0 Å². The van der Waals surface area contributed by atoms with Crippen molar-refractivity contribution in [3.63, 3.8) is 0 Å². The van der Waals surface area contributed by atoms with Crippen LogP contribution in [-0.2, 0) is 4.74 Å². The molecule has 0 aromatic rings. The number of hydrogen-bond donors (Lipinski definition) is 0. The van der Waals surface area contributed by atoms with Gasteiger partial charge in [0, 0.05) is 26.4 Å². The third kappa shape index (κ3) is 17.1. The molecule has 2 heterocycles. The SMILES string of the molecule is CC(C)C.CC(C)C.CN1CCOC1=O.CN1CCSC1=O. The van der Waals surface area contributed by atoms with Crippen molar-refractivity contribution in [1.82, 2.24) is 9.80 Å². The van der Waals surface area contributed by atoms with Crippen molar-refractivity contribution in [2.75, 3.05) is 39.5 Å². The van der Waals surface area contributed by atoms with Gasteiger partial charge >= 0.3 is 6.09 Å². The van der Waals surface area contributed by atoms with Gasteiger partial charge < -0.3 is 14.5 Å². The highest BCUT2D eigenvalue weighted by Crippen LogP contribution is 2.13. The molecule has 0 aliphatic carbocycles. The Labute approximate surface area is 140 Å². The molecule has 0 bridgehead atoms. The Kier molecular flexibility index (Phi) is 14.6. The lowest BCUT2D eigenvalue weighted by atomic mass is 10.3. The molecule has 2 amide bonds. The average Bonchev–Trinajstić information content (AvgIpc) is 2.89. The number of ether oxygens (including phenoxy) is 1. The molecule has 0 saturated carbocycles. The summed E-state index contributed by atoms with van der Waals surface area (Å²) >= 11 is 1.39. The van der Waals surface area contributed by atoms with Crippen LogP contribution in [-0.4, -0.2) is 60.7 Å². The van der Waals surface area contributed by atoms with E-state index in [9.17, 15) is 9.59 Å². The predicted octanol–water partition coefficient (Wildman–Crippen LogP) is 4.18. The number of likely N-dealkylation sites (N-methyl/N-ethyl adjacent to an activating group) is 1. The smallest absolute Gasteiger partial charge is 0.409 e. The van der Waals surface area contributed by atoms with Gasteiger partial charge in [-0.3, -0.25) is 4.79 Å². The van der Waals surface area contributed by atoms with Gasteiger partial charge in [0.25, 0.3) is 5.24 Å². The lowest BCUT2D eigenvalue weighted by Gasteiger charge is -2.01. The first kappa shape index (κ1) is 23.4. The summed E-state index contributed by atoms with van der Waals surface area (Å²) in [5.41, 5.74) is 0. The topological polar surface area (TPSA) is 49.9 Å². The van der Waals surface area contributed by atoms with Crippen molar-refractivity contribution in [2.24, 2.45) is 11.8 Å². The number of cyclic esters (lactones) is 1. The Morgan fingerprint density at radius 1 is 0.909 bits per heavy atom. The fourth-order valence-electron chi connectivity index (χ4n) is 0.943. The summed E-state index contributed by atoms with van der Waals surface area (Å²) in [5, 5.41) is 0.208. The molecule has 0 unspecified atom stereocenters. The van der Waals surface area contributed by atoms with Gasteiger partial charge in [0.05, 0.1) is 6.54 Å². The zero-order chi connectivity index (χ0) is 17.7. The third-order valence-electron chi connectivity index (χ3n) is 1.93. The van der Waals surface area contributed by atoms with Crippen molar-refractivity contribution < 1.29 is 14.3 Å². The molecule has 0 aromatic carbocycles. The predicted molar refractivity (Wildman–Crippen MR) is 95.5 cm³/mol. The average molecular weight is 335 g/mol. The van der Waals surface area contributed by atoms with E-state index in [4.69, 9.17) is 0 Å². The summed E-state index contributed by atoms with van der Waals surface area (Å²) in [6.07, 6.45) is -0.208. The molecule has 2 aliphatic heterocycles. The standard InChI is InChI=1S/C4H7NO2.C4H7NOS.2C4H10/c2*1-5-2-3-7-4(5)6;2*1-4(2)3/h2*2-3H2,1H3;2*4H,1-3H3. The molecule has 0 aromatic heterocycles. The number of nitrogens with zero attached hydrogens (tertiary/aromatic N) is 2. The second-order valence-electron chi connectivity index (χ2n) is 6.54. The van der Waals surface area contributed by atoms with Crippen molar-refractivity contribution >= 4 is 23.1 Å². The highest BCUT2D eigenvalue weighted by atomic mass is 32.2. The molecular formula is C16H34N2O3S. The summed E-state index contributed by atoms with van der Waals surface area (Å²) in [5.74, 6) is 2.63. The minimum atomic E-state index is -0.208. The van der Waals surface area contributed by atoms with E-state index >= 15 is 0 Å². The van der Waals surface area contributed by atoms with Crippen LogP contribution in [0.2, 0.25) is 0 Å². The Hall–Kier alpha value is -0.910. The lowest BCUT2D eigenvalue weighted by Crippen LogP contribution is -2.17. The Balaban J connectivity index is 0. The van der Waals surface area contributed by atoms with Gasteiger partial charge in [-0.25, -0.2) is 4.79 Å². The van der Waals surface area contributed by atoms with E-state index in [1.165, 1.54) is 11.8 Å². The van der Waals surface area contributed by atoms with E-state index in [1.54, 1.807) is 16.8 Å². The van der Waals surface area contributed by atoms with Crippen LogP contribution >= 0.6 is 11.8 Å². The van der Waals surface area contributed by atoms with E-state index in [1.807, 2.05) is 7.05 Å². The number of hydrogen-bond acceptors (Lipinski definition) is 4. The van der Waals surface area contributed by atoms with Crippen molar-refractivity contribution in [3.8, 4) is 0 Å². The number of rotatable bonds is 0. The van der Waals surface area contributed by atoms with Crippen LogP contribution in [0.3, 0.4) is 0 Å². The van der Waals surface area contributed by atoms with Gasteiger partial charge in [0.15, 0.2) is 0 Å². The highest BCUT2D eigenvalue weighted by Gasteiger charge is 2.16. The van der Waals surface area contributed by atoms with Crippen molar-refractivity contribution in [1.29, 1.82) is 0 Å². The minimum Gasteiger partial charge on any atom is -0.448 e. The third-order valence-corrected chi connectivity index (χ3v) is 2.87. The molecule has 0 spiro atoms. The zero-order valence-corrected chi connectivity index (χ0v) is 16.3. The molecule has 2 saturated heterocycles.